The largest absolute Gasteiger partial charge is 0.493 e. The van der Waals surface area contributed by atoms with Crippen LogP contribution >= 0.6 is 0 Å². The van der Waals surface area contributed by atoms with Gasteiger partial charge in [0.2, 0.25) is 5.75 Å². The fraction of sp³-hybridized carbons (Fsp3) is 0.600. The average Bonchev–Trinajstić information content (AvgIpc) is 2.44. The molecule has 5 nitrogen and oxygen atoms in total. The zero-order valence-electron chi connectivity index (χ0n) is 12.7. The molecular weight excluding hydrogens is 258 g/mol. The second kappa shape index (κ2) is 8.66. The molecule has 0 aromatic heterocycles. The van der Waals surface area contributed by atoms with E-state index >= 15 is 0 Å². The Morgan fingerprint density at radius 2 is 1.80 bits per heavy atom. The highest BCUT2D eigenvalue weighted by Gasteiger charge is 2.14. The third-order valence-corrected chi connectivity index (χ3v) is 2.88. The quantitative estimate of drug-likeness (QED) is 0.725. The van der Waals surface area contributed by atoms with Crippen molar-refractivity contribution in [3.05, 3.63) is 17.7 Å². The van der Waals surface area contributed by atoms with E-state index in [1.165, 1.54) is 0 Å². The first-order chi connectivity index (χ1) is 9.62. The van der Waals surface area contributed by atoms with Crippen LogP contribution in [0.4, 0.5) is 0 Å². The van der Waals surface area contributed by atoms with Gasteiger partial charge in [-0.15, -0.1) is 0 Å². The van der Waals surface area contributed by atoms with Crippen LogP contribution in [0.3, 0.4) is 0 Å². The summed E-state index contributed by atoms with van der Waals surface area (Å²) in [6, 6.07) is 3.87. The van der Waals surface area contributed by atoms with Crippen molar-refractivity contribution >= 4 is 0 Å². The van der Waals surface area contributed by atoms with E-state index < -0.39 is 0 Å². The number of benzene rings is 1. The van der Waals surface area contributed by atoms with Crippen LogP contribution in [0, 0.1) is 0 Å². The molecule has 1 atom stereocenters. The Hall–Kier alpha value is -1.46. The highest BCUT2D eigenvalue weighted by atomic mass is 16.5. The lowest BCUT2D eigenvalue weighted by Crippen LogP contribution is -2.12. The predicted octanol–water partition coefficient (Wildman–Crippen LogP) is 1.96. The molecule has 114 valence electrons. The van der Waals surface area contributed by atoms with E-state index in [1.807, 2.05) is 12.1 Å². The third kappa shape index (κ3) is 4.90. The topological polar surface area (TPSA) is 60.0 Å². The number of aliphatic hydroxyl groups is 1. The lowest BCUT2D eigenvalue weighted by Gasteiger charge is -2.16. The van der Waals surface area contributed by atoms with E-state index in [2.05, 4.69) is 12.2 Å². The van der Waals surface area contributed by atoms with Gasteiger partial charge >= 0.3 is 0 Å². The molecule has 0 aliphatic carbocycles. The molecule has 0 fully saturated rings. The van der Waals surface area contributed by atoms with Crippen LogP contribution in [0.1, 0.15) is 25.8 Å². The van der Waals surface area contributed by atoms with Crippen molar-refractivity contribution in [1.82, 2.24) is 5.32 Å². The third-order valence-electron chi connectivity index (χ3n) is 2.88. The van der Waals surface area contributed by atoms with E-state index in [9.17, 15) is 5.11 Å². The van der Waals surface area contributed by atoms with Gasteiger partial charge in [-0.1, -0.05) is 6.92 Å². The van der Waals surface area contributed by atoms with Crippen molar-refractivity contribution in [2.24, 2.45) is 0 Å². The Labute approximate surface area is 120 Å². The molecule has 0 saturated carbocycles. The van der Waals surface area contributed by atoms with E-state index in [4.69, 9.17) is 14.2 Å². The van der Waals surface area contributed by atoms with Crippen molar-refractivity contribution in [3.63, 3.8) is 0 Å². The average molecular weight is 283 g/mol. The number of aliphatic hydroxyl groups excluding tert-OH is 1. The van der Waals surface area contributed by atoms with Gasteiger partial charge in [0.1, 0.15) is 0 Å². The summed E-state index contributed by atoms with van der Waals surface area (Å²) in [5.74, 6) is 1.86. The summed E-state index contributed by atoms with van der Waals surface area (Å²) in [6.07, 6.45) is 0.172. The molecule has 0 heterocycles. The maximum absolute atomic E-state index is 9.27. The van der Waals surface area contributed by atoms with Crippen LogP contribution in [0.15, 0.2) is 12.1 Å². The van der Waals surface area contributed by atoms with E-state index in [0.717, 1.165) is 18.7 Å². The van der Waals surface area contributed by atoms with Crippen LogP contribution < -0.4 is 19.5 Å². The Balaban J connectivity index is 2.90. The Morgan fingerprint density at radius 1 is 1.20 bits per heavy atom. The van der Waals surface area contributed by atoms with Crippen LogP contribution in [0.25, 0.3) is 0 Å². The van der Waals surface area contributed by atoms with E-state index in [1.54, 1.807) is 21.1 Å². The minimum Gasteiger partial charge on any atom is -0.493 e. The number of ether oxygens (including phenoxy) is 3. The molecule has 20 heavy (non-hydrogen) atoms. The number of methoxy groups -OCH3 is 2. The maximum Gasteiger partial charge on any atom is 0.203 e. The molecule has 1 aromatic carbocycles. The summed E-state index contributed by atoms with van der Waals surface area (Å²) in [5.41, 5.74) is 1.07. The number of hydrogen-bond acceptors (Lipinski definition) is 5. The molecule has 1 unspecified atom stereocenters. The minimum absolute atomic E-state index is 0.389. The van der Waals surface area contributed by atoms with E-state index in [0.29, 0.717) is 30.3 Å². The van der Waals surface area contributed by atoms with Crippen LogP contribution in [0.5, 0.6) is 17.2 Å². The predicted molar refractivity (Wildman–Crippen MR) is 78.7 cm³/mol. The number of hydrogen-bond donors (Lipinski definition) is 2. The van der Waals surface area contributed by atoms with Gasteiger partial charge in [-0.3, -0.25) is 0 Å². The smallest absolute Gasteiger partial charge is 0.203 e. The Kier molecular flexibility index (Phi) is 7.18. The zero-order valence-corrected chi connectivity index (χ0v) is 12.7. The van der Waals surface area contributed by atoms with Crippen LogP contribution in [-0.2, 0) is 6.54 Å². The molecule has 5 heteroatoms. The van der Waals surface area contributed by atoms with Crippen LogP contribution in [0.2, 0.25) is 0 Å². The van der Waals surface area contributed by atoms with Crippen molar-refractivity contribution < 1.29 is 19.3 Å². The molecular formula is C15H25NO4. The molecule has 0 amide bonds. The fourth-order valence-corrected chi connectivity index (χ4v) is 1.78. The highest BCUT2D eigenvalue weighted by molar-refractivity contribution is 5.53. The SMILES string of the molecule is CCNCc1cc(OC)c(OCCC(C)O)c(OC)c1. The van der Waals surface area contributed by atoms with Crippen LogP contribution in [-0.4, -0.2) is 38.6 Å². The summed E-state index contributed by atoms with van der Waals surface area (Å²) in [7, 11) is 3.21. The molecule has 2 N–H and O–H groups in total. The standard InChI is InChI=1S/C15H25NO4/c1-5-16-10-12-8-13(18-3)15(14(9-12)19-4)20-7-6-11(2)17/h8-9,11,16-17H,5-7,10H2,1-4H3. The van der Waals surface area contributed by atoms with Gasteiger partial charge in [-0.2, -0.15) is 0 Å². The first kappa shape index (κ1) is 16.6. The lowest BCUT2D eigenvalue weighted by atomic mass is 10.1. The molecule has 0 saturated heterocycles. The highest BCUT2D eigenvalue weighted by Crippen LogP contribution is 2.38. The minimum atomic E-state index is -0.389. The summed E-state index contributed by atoms with van der Waals surface area (Å²) in [6.45, 7) is 5.85. The van der Waals surface area contributed by atoms with E-state index in [-0.39, 0.29) is 6.10 Å². The van der Waals surface area contributed by atoms with Crippen molar-refractivity contribution in [1.29, 1.82) is 0 Å². The van der Waals surface area contributed by atoms with Gasteiger partial charge in [0, 0.05) is 13.0 Å². The second-order valence-corrected chi connectivity index (χ2v) is 4.60. The van der Waals surface area contributed by atoms with Gasteiger partial charge in [-0.25, -0.2) is 0 Å². The second-order valence-electron chi connectivity index (χ2n) is 4.60. The fourth-order valence-electron chi connectivity index (χ4n) is 1.78. The lowest BCUT2D eigenvalue weighted by molar-refractivity contribution is 0.152. The van der Waals surface area contributed by atoms with Gasteiger partial charge in [0.05, 0.1) is 26.9 Å². The van der Waals surface area contributed by atoms with Gasteiger partial charge in [0.15, 0.2) is 11.5 Å². The molecule has 0 bridgehead atoms. The normalized spacial score (nSPS) is 12.1. The molecule has 0 aliphatic heterocycles. The van der Waals surface area contributed by atoms with Crippen molar-refractivity contribution in [2.45, 2.75) is 32.9 Å². The van der Waals surface area contributed by atoms with Gasteiger partial charge in [0.25, 0.3) is 0 Å². The monoisotopic (exact) mass is 283 g/mol. The zero-order chi connectivity index (χ0) is 15.0. The molecule has 1 rings (SSSR count). The molecule has 1 aromatic rings. The molecule has 0 aliphatic rings. The molecule has 0 radical (unpaired) electrons. The molecule has 0 spiro atoms. The van der Waals surface area contributed by atoms with Crippen molar-refractivity contribution in [2.75, 3.05) is 27.4 Å². The summed E-state index contributed by atoms with van der Waals surface area (Å²) in [5, 5.41) is 12.5. The first-order valence-corrected chi connectivity index (χ1v) is 6.88. The number of nitrogens with one attached hydrogen (secondary N) is 1. The summed E-state index contributed by atoms with van der Waals surface area (Å²) < 4.78 is 16.4. The Bertz CT molecular complexity index is 382. The summed E-state index contributed by atoms with van der Waals surface area (Å²) >= 11 is 0. The number of rotatable bonds is 9. The first-order valence-electron chi connectivity index (χ1n) is 6.88. The summed E-state index contributed by atoms with van der Waals surface area (Å²) in [4.78, 5) is 0. The van der Waals surface area contributed by atoms with Gasteiger partial charge < -0.3 is 24.6 Å². The van der Waals surface area contributed by atoms with Gasteiger partial charge in [-0.05, 0) is 31.2 Å². The van der Waals surface area contributed by atoms with Crippen molar-refractivity contribution in [3.8, 4) is 17.2 Å². The maximum atomic E-state index is 9.27. The Morgan fingerprint density at radius 3 is 2.25 bits per heavy atom.